The van der Waals surface area contributed by atoms with Crippen LogP contribution in [0, 0.1) is 0 Å². The van der Waals surface area contributed by atoms with E-state index in [1.54, 1.807) is 6.92 Å². The topological polar surface area (TPSA) is 33.2 Å². The van der Waals surface area contributed by atoms with E-state index in [2.05, 4.69) is 39.0 Å². The predicted octanol–water partition coefficient (Wildman–Crippen LogP) is 5.58. The fraction of sp³-hybridized carbons (Fsp3) is 0.440. The Balaban J connectivity index is 1.87. The number of halogens is 1. The third kappa shape index (κ3) is 3.98. The van der Waals surface area contributed by atoms with Gasteiger partial charge in [-0.05, 0) is 65.5 Å². The molecule has 0 bridgehead atoms. The first-order chi connectivity index (χ1) is 13.7. The maximum atomic E-state index is 11.8. The Labute approximate surface area is 178 Å². The van der Waals surface area contributed by atoms with Crippen LogP contribution in [0.25, 0.3) is 5.57 Å². The van der Waals surface area contributed by atoms with E-state index >= 15 is 0 Å². The minimum Gasteiger partial charge on any atom is -0.342 e. The van der Waals surface area contributed by atoms with Gasteiger partial charge in [-0.3, -0.25) is 9.78 Å². The molecule has 2 aliphatic rings. The molecule has 1 aromatic carbocycles. The Bertz CT molecular complexity index is 990. The Kier molecular flexibility index (Phi) is 5.29. The summed E-state index contributed by atoms with van der Waals surface area (Å²) in [7, 11) is 0. The lowest BCUT2D eigenvalue weighted by Crippen LogP contribution is -2.34. The van der Waals surface area contributed by atoms with Crippen molar-refractivity contribution in [3.63, 3.8) is 0 Å². The Morgan fingerprint density at radius 2 is 1.72 bits per heavy atom. The summed E-state index contributed by atoms with van der Waals surface area (Å²) >= 11 is 6.34. The zero-order chi connectivity index (χ0) is 20.8. The third-order valence-electron chi connectivity index (χ3n) is 6.24. The summed E-state index contributed by atoms with van der Waals surface area (Å²) in [5.74, 6) is 0.162. The molecule has 0 atom stereocenters. The number of piperidine rings is 1. The standard InChI is InChI=1S/C25H29ClN2O/c1-16(29)28-11-9-17(10-12-28)23-22-8-7-21(26)14-18(22)5-6-19-13-20(25(2,3)4)15-27-24(19)23/h7-8,13-15H,5-6,9-12H2,1-4H3. The second kappa shape index (κ2) is 7.60. The van der Waals surface area contributed by atoms with Crippen LogP contribution in [0.2, 0.25) is 5.02 Å². The van der Waals surface area contributed by atoms with Crippen molar-refractivity contribution in [2.75, 3.05) is 13.1 Å². The molecule has 3 nitrogen and oxygen atoms in total. The van der Waals surface area contributed by atoms with Gasteiger partial charge in [0.1, 0.15) is 0 Å². The molecule has 152 valence electrons. The van der Waals surface area contributed by atoms with E-state index in [1.807, 2.05) is 17.2 Å². The van der Waals surface area contributed by atoms with Gasteiger partial charge in [0, 0.05) is 36.8 Å². The van der Waals surface area contributed by atoms with Gasteiger partial charge in [0.25, 0.3) is 0 Å². The van der Waals surface area contributed by atoms with Crippen molar-refractivity contribution in [1.29, 1.82) is 0 Å². The van der Waals surface area contributed by atoms with Gasteiger partial charge < -0.3 is 4.90 Å². The number of likely N-dealkylation sites (tertiary alicyclic amines) is 1. The summed E-state index contributed by atoms with van der Waals surface area (Å²) in [4.78, 5) is 18.7. The lowest BCUT2D eigenvalue weighted by atomic mass is 9.85. The average molecular weight is 409 g/mol. The SMILES string of the molecule is CC(=O)N1CCC(=C2c3ccc(Cl)cc3CCc3cc(C(C)(C)C)cnc32)CC1. The molecule has 0 radical (unpaired) electrons. The Hall–Kier alpha value is -2.13. The highest BCUT2D eigenvalue weighted by Gasteiger charge is 2.27. The molecule has 1 aliphatic heterocycles. The van der Waals surface area contributed by atoms with Gasteiger partial charge in [-0.15, -0.1) is 0 Å². The molecule has 4 rings (SSSR count). The van der Waals surface area contributed by atoms with E-state index in [1.165, 1.54) is 33.4 Å². The number of rotatable bonds is 0. The number of hydrogen-bond donors (Lipinski definition) is 0. The maximum Gasteiger partial charge on any atom is 0.219 e. The molecule has 2 aromatic rings. The van der Waals surface area contributed by atoms with Crippen molar-refractivity contribution in [1.82, 2.24) is 9.88 Å². The van der Waals surface area contributed by atoms with Crippen LogP contribution in [0.1, 0.15) is 68.5 Å². The lowest BCUT2D eigenvalue weighted by Gasteiger charge is -2.29. The quantitative estimate of drug-likeness (QED) is 0.570. The van der Waals surface area contributed by atoms with Crippen molar-refractivity contribution in [3.8, 4) is 0 Å². The molecular formula is C25H29ClN2O. The van der Waals surface area contributed by atoms with E-state index < -0.39 is 0 Å². The molecule has 4 heteroatoms. The molecule has 1 aromatic heterocycles. The molecule has 1 aliphatic carbocycles. The molecular weight excluding hydrogens is 380 g/mol. The molecule has 1 fully saturated rings. The highest BCUT2D eigenvalue weighted by atomic mass is 35.5. The van der Waals surface area contributed by atoms with Crippen molar-refractivity contribution in [3.05, 3.63) is 69.0 Å². The van der Waals surface area contributed by atoms with E-state index in [0.29, 0.717) is 0 Å². The largest absolute Gasteiger partial charge is 0.342 e. The number of carbonyl (C=O) groups excluding carboxylic acids is 1. The van der Waals surface area contributed by atoms with Gasteiger partial charge in [0.15, 0.2) is 0 Å². The number of hydrogen-bond acceptors (Lipinski definition) is 2. The Morgan fingerprint density at radius 1 is 1.03 bits per heavy atom. The number of amides is 1. The van der Waals surface area contributed by atoms with Crippen LogP contribution in [0.3, 0.4) is 0 Å². The van der Waals surface area contributed by atoms with Gasteiger partial charge in [0.2, 0.25) is 5.91 Å². The van der Waals surface area contributed by atoms with E-state index in [-0.39, 0.29) is 11.3 Å². The fourth-order valence-corrected chi connectivity index (χ4v) is 4.64. The highest BCUT2D eigenvalue weighted by Crippen LogP contribution is 2.39. The van der Waals surface area contributed by atoms with Crippen LogP contribution in [0.5, 0.6) is 0 Å². The van der Waals surface area contributed by atoms with Crippen LogP contribution in [-0.2, 0) is 23.1 Å². The zero-order valence-electron chi connectivity index (χ0n) is 17.8. The first-order valence-electron chi connectivity index (χ1n) is 10.5. The predicted molar refractivity (Wildman–Crippen MR) is 119 cm³/mol. The van der Waals surface area contributed by atoms with Crippen LogP contribution >= 0.6 is 11.6 Å². The second-order valence-corrected chi connectivity index (χ2v) is 9.70. The van der Waals surface area contributed by atoms with Gasteiger partial charge >= 0.3 is 0 Å². The average Bonchev–Trinajstić information content (AvgIpc) is 2.83. The van der Waals surface area contributed by atoms with Crippen LogP contribution in [0.15, 0.2) is 36.0 Å². The minimum atomic E-state index is 0.0740. The summed E-state index contributed by atoms with van der Waals surface area (Å²) in [6, 6.07) is 8.60. The van der Waals surface area contributed by atoms with E-state index in [0.717, 1.165) is 49.5 Å². The van der Waals surface area contributed by atoms with Crippen LogP contribution in [0.4, 0.5) is 0 Å². The molecule has 0 N–H and O–H groups in total. The van der Waals surface area contributed by atoms with Gasteiger partial charge in [-0.25, -0.2) is 0 Å². The molecule has 1 amide bonds. The zero-order valence-corrected chi connectivity index (χ0v) is 18.6. The summed E-state index contributed by atoms with van der Waals surface area (Å²) in [5, 5.41) is 0.786. The van der Waals surface area contributed by atoms with Crippen molar-refractivity contribution >= 4 is 23.1 Å². The van der Waals surface area contributed by atoms with Crippen molar-refractivity contribution < 1.29 is 4.79 Å². The molecule has 0 unspecified atom stereocenters. The number of fused-ring (bicyclic) bond motifs is 2. The highest BCUT2D eigenvalue weighted by molar-refractivity contribution is 6.30. The number of aryl methyl sites for hydroxylation is 2. The van der Waals surface area contributed by atoms with E-state index in [9.17, 15) is 4.79 Å². The van der Waals surface area contributed by atoms with Crippen molar-refractivity contribution in [2.24, 2.45) is 0 Å². The molecule has 29 heavy (non-hydrogen) atoms. The van der Waals surface area contributed by atoms with Crippen LogP contribution in [-0.4, -0.2) is 28.9 Å². The smallest absolute Gasteiger partial charge is 0.219 e. The third-order valence-corrected chi connectivity index (χ3v) is 6.47. The first-order valence-corrected chi connectivity index (χ1v) is 10.9. The number of aromatic nitrogens is 1. The maximum absolute atomic E-state index is 11.8. The van der Waals surface area contributed by atoms with E-state index in [4.69, 9.17) is 16.6 Å². The summed E-state index contributed by atoms with van der Waals surface area (Å²) in [6.45, 7) is 9.93. The summed E-state index contributed by atoms with van der Waals surface area (Å²) < 4.78 is 0. The fourth-order valence-electron chi connectivity index (χ4n) is 4.45. The number of benzene rings is 1. The van der Waals surface area contributed by atoms with Gasteiger partial charge in [0.05, 0.1) is 5.69 Å². The first kappa shape index (κ1) is 20.2. The number of pyridine rings is 1. The summed E-state index contributed by atoms with van der Waals surface area (Å²) in [5.41, 5.74) is 9.02. The second-order valence-electron chi connectivity index (χ2n) is 9.27. The van der Waals surface area contributed by atoms with Crippen LogP contribution < -0.4 is 0 Å². The molecule has 0 saturated carbocycles. The normalized spacial score (nSPS) is 16.9. The minimum absolute atomic E-state index is 0.0740. The molecule has 0 spiro atoms. The Morgan fingerprint density at radius 3 is 2.38 bits per heavy atom. The number of nitrogens with zero attached hydrogens (tertiary/aromatic N) is 2. The monoisotopic (exact) mass is 408 g/mol. The van der Waals surface area contributed by atoms with Crippen molar-refractivity contribution in [2.45, 2.75) is 58.8 Å². The van der Waals surface area contributed by atoms with Gasteiger partial charge in [-0.2, -0.15) is 0 Å². The van der Waals surface area contributed by atoms with Gasteiger partial charge in [-0.1, -0.05) is 50.1 Å². The molecule has 1 saturated heterocycles. The lowest BCUT2D eigenvalue weighted by molar-refractivity contribution is -0.129. The number of carbonyl (C=O) groups is 1. The molecule has 2 heterocycles. The summed E-state index contributed by atoms with van der Waals surface area (Å²) in [6.07, 6.45) is 5.79.